The third kappa shape index (κ3) is 6.90. The van der Waals surface area contributed by atoms with Gasteiger partial charge in [0.05, 0.1) is 23.8 Å². The lowest BCUT2D eigenvalue weighted by Gasteiger charge is -2.23. The lowest BCUT2D eigenvalue weighted by molar-refractivity contribution is 0.146. The molecule has 2 aromatic carbocycles. The Bertz CT molecular complexity index is 1020. The Labute approximate surface area is 192 Å². The summed E-state index contributed by atoms with van der Waals surface area (Å²) in [6.45, 7) is 3.21. The normalized spacial score (nSPS) is 11.1. The standard InChI is InChI=1S/C20H24Cl2N2O6S/c1-4-23-20(25)24(9-10-28-2)13-14-5-8-18(29-3)19(11-14)30-31(26,27)15-6-7-16(21)17(22)12-15/h5-8,11-12H,4,9-10,13H2,1-3H3,(H,23,25). The number of benzene rings is 2. The maximum Gasteiger partial charge on any atom is 0.339 e. The molecule has 2 rings (SSSR count). The van der Waals surface area contributed by atoms with Crippen LogP contribution in [-0.2, 0) is 21.4 Å². The summed E-state index contributed by atoms with van der Waals surface area (Å²) in [4.78, 5) is 13.7. The Hall–Kier alpha value is -2.20. The number of hydrogen-bond donors (Lipinski definition) is 1. The molecule has 8 nitrogen and oxygen atoms in total. The molecule has 0 radical (unpaired) electrons. The van der Waals surface area contributed by atoms with E-state index < -0.39 is 10.1 Å². The number of carbonyl (C=O) groups excluding carboxylic acids is 1. The van der Waals surface area contributed by atoms with Crippen molar-refractivity contribution in [2.75, 3.05) is 33.9 Å². The number of hydrogen-bond acceptors (Lipinski definition) is 6. The summed E-state index contributed by atoms with van der Waals surface area (Å²) in [7, 11) is -1.26. The lowest BCUT2D eigenvalue weighted by Crippen LogP contribution is -2.41. The summed E-state index contributed by atoms with van der Waals surface area (Å²) in [5, 5.41) is 3.05. The van der Waals surface area contributed by atoms with Gasteiger partial charge >= 0.3 is 16.1 Å². The average Bonchev–Trinajstić information content (AvgIpc) is 2.73. The van der Waals surface area contributed by atoms with Crippen LogP contribution in [0.3, 0.4) is 0 Å². The molecule has 0 aliphatic heterocycles. The van der Waals surface area contributed by atoms with E-state index in [0.717, 1.165) is 0 Å². The molecule has 1 N–H and O–H groups in total. The van der Waals surface area contributed by atoms with Gasteiger partial charge in [0.15, 0.2) is 11.5 Å². The van der Waals surface area contributed by atoms with Gasteiger partial charge in [0.25, 0.3) is 0 Å². The molecule has 0 aromatic heterocycles. The zero-order chi connectivity index (χ0) is 23.0. The molecule has 0 heterocycles. The van der Waals surface area contributed by atoms with E-state index in [1.165, 1.54) is 31.4 Å². The Morgan fingerprint density at radius 2 is 1.81 bits per heavy atom. The number of carbonyl (C=O) groups is 1. The highest BCUT2D eigenvalue weighted by Crippen LogP contribution is 2.32. The molecule has 0 aliphatic rings. The van der Waals surface area contributed by atoms with Crippen LogP contribution in [0.25, 0.3) is 0 Å². The van der Waals surface area contributed by atoms with Crippen molar-refractivity contribution >= 4 is 39.4 Å². The molecule has 170 valence electrons. The van der Waals surface area contributed by atoms with Crippen molar-refractivity contribution in [3.8, 4) is 11.5 Å². The summed E-state index contributed by atoms with van der Waals surface area (Å²) in [6, 6.07) is 8.40. The first kappa shape index (κ1) is 25.1. The monoisotopic (exact) mass is 490 g/mol. The number of ether oxygens (including phenoxy) is 2. The summed E-state index contributed by atoms with van der Waals surface area (Å²) in [5.74, 6) is 0.197. The Balaban J connectivity index is 2.32. The van der Waals surface area contributed by atoms with Crippen LogP contribution < -0.4 is 14.2 Å². The van der Waals surface area contributed by atoms with Crippen molar-refractivity contribution in [2.24, 2.45) is 0 Å². The van der Waals surface area contributed by atoms with E-state index in [1.807, 2.05) is 6.92 Å². The van der Waals surface area contributed by atoms with Gasteiger partial charge in [-0.15, -0.1) is 0 Å². The van der Waals surface area contributed by atoms with Crippen LogP contribution in [0.15, 0.2) is 41.3 Å². The van der Waals surface area contributed by atoms with Crippen molar-refractivity contribution < 1.29 is 26.9 Å². The second-order valence-corrected chi connectivity index (χ2v) is 8.71. The first-order valence-electron chi connectivity index (χ1n) is 9.30. The van der Waals surface area contributed by atoms with Gasteiger partial charge in [0.2, 0.25) is 0 Å². The zero-order valence-electron chi connectivity index (χ0n) is 17.4. The smallest absolute Gasteiger partial charge is 0.339 e. The molecular formula is C20H24Cl2N2O6S. The van der Waals surface area contributed by atoms with Gasteiger partial charge in [-0.05, 0) is 42.8 Å². The molecule has 0 aliphatic carbocycles. The molecule has 0 saturated heterocycles. The van der Waals surface area contributed by atoms with Crippen LogP contribution in [0, 0.1) is 0 Å². The Morgan fingerprint density at radius 3 is 2.42 bits per heavy atom. The molecule has 31 heavy (non-hydrogen) atoms. The van der Waals surface area contributed by atoms with Gasteiger partial charge in [-0.3, -0.25) is 0 Å². The number of urea groups is 1. The fourth-order valence-electron chi connectivity index (χ4n) is 2.62. The highest BCUT2D eigenvalue weighted by Gasteiger charge is 2.21. The largest absolute Gasteiger partial charge is 0.493 e. The van der Waals surface area contributed by atoms with Crippen LogP contribution in [0.4, 0.5) is 4.79 Å². The van der Waals surface area contributed by atoms with E-state index in [1.54, 1.807) is 24.1 Å². The van der Waals surface area contributed by atoms with Crippen molar-refractivity contribution in [3.05, 3.63) is 52.0 Å². The molecule has 11 heteroatoms. The molecular weight excluding hydrogens is 467 g/mol. The van der Waals surface area contributed by atoms with Crippen LogP contribution in [0.5, 0.6) is 11.5 Å². The fraction of sp³-hybridized carbons (Fsp3) is 0.350. The van der Waals surface area contributed by atoms with Crippen molar-refractivity contribution in [2.45, 2.75) is 18.4 Å². The fourth-order valence-corrected chi connectivity index (χ4v) is 3.94. The zero-order valence-corrected chi connectivity index (χ0v) is 19.7. The van der Waals surface area contributed by atoms with E-state index in [2.05, 4.69) is 5.32 Å². The minimum Gasteiger partial charge on any atom is -0.493 e. The minimum absolute atomic E-state index is 0.0198. The minimum atomic E-state index is -4.21. The number of nitrogens with one attached hydrogen (secondary N) is 1. The van der Waals surface area contributed by atoms with Gasteiger partial charge in [-0.25, -0.2) is 4.79 Å². The summed E-state index contributed by atoms with van der Waals surface area (Å²) < 4.78 is 41.1. The summed E-state index contributed by atoms with van der Waals surface area (Å²) in [6.07, 6.45) is 0. The van der Waals surface area contributed by atoms with Crippen LogP contribution in [-0.4, -0.2) is 53.3 Å². The van der Waals surface area contributed by atoms with Crippen molar-refractivity contribution in [1.82, 2.24) is 10.2 Å². The van der Waals surface area contributed by atoms with E-state index in [-0.39, 0.29) is 39.0 Å². The van der Waals surface area contributed by atoms with E-state index in [9.17, 15) is 13.2 Å². The SMILES string of the molecule is CCNC(=O)N(CCOC)Cc1ccc(OC)c(OS(=O)(=O)c2ccc(Cl)c(Cl)c2)c1. The third-order valence-electron chi connectivity index (χ3n) is 4.16. The van der Waals surface area contributed by atoms with Crippen LogP contribution in [0.2, 0.25) is 10.0 Å². The quantitative estimate of drug-likeness (QED) is 0.506. The van der Waals surface area contributed by atoms with E-state index in [4.69, 9.17) is 36.9 Å². The van der Waals surface area contributed by atoms with E-state index >= 15 is 0 Å². The highest BCUT2D eigenvalue weighted by atomic mass is 35.5. The maximum absolute atomic E-state index is 12.7. The van der Waals surface area contributed by atoms with Gasteiger partial charge in [-0.1, -0.05) is 29.3 Å². The van der Waals surface area contributed by atoms with Gasteiger partial charge in [-0.2, -0.15) is 8.42 Å². The molecule has 0 fully saturated rings. The van der Waals surface area contributed by atoms with Crippen molar-refractivity contribution in [1.29, 1.82) is 0 Å². The number of amides is 2. The predicted molar refractivity (Wildman–Crippen MR) is 119 cm³/mol. The third-order valence-corrected chi connectivity index (χ3v) is 6.13. The molecule has 0 atom stereocenters. The molecule has 0 bridgehead atoms. The number of rotatable bonds is 10. The van der Waals surface area contributed by atoms with Crippen LogP contribution >= 0.6 is 23.2 Å². The molecule has 0 unspecified atom stereocenters. The lowest BCUT2D eigenvalue weighted by atomic mass is 10.2. The first-order valence-corrected chi connectivity index (χ1v) is 11.5. The molecule has 2 amide bonds. The number of halogens is 2. The predicted octanol–water partition coefficient (Wildman–Crippen LogP) is 3.95. The second kappa shape index (κ2) is 11.4. The maximum atomic E-state index is 12.7. The number of nitrogens with zero attached hydrogens (tertiary/aromatic N) is 1. The van der Waals surface area contributed by atoms with Gasteiger partial charge < -0.3 is 23.9 Å². The first-order chi connectivity index (χ1) is 14.7. The number of methoxy groups -OCH3 is 2. The summed E-state index contributed by atoms with van der Waals surface area (Å²) in [5.41, 5.74) is 0.641. The molecule has 2 aromatic rings. The second-order valence-electron chi connectivity index (χ2n) is 6.35. The summed E-state index contributed by atoms with van der Waals surface area (Å²) >= 11 is 11.8. The van der Waals surface area contributed by atoms with Gasteiger partial charge in [0, 0.05) is 26.7 Å². The molecule has 0 spiro atoms. The average molecular weight is 491 g/mol. The Kier molecular flexibility index (Phi) is 9.24. The Morgan fingerprint density at radius 1 is 1.06 bits per heavy atom. The topological polar surface area (TPSA) is 94.2 Å². The molecule has 0 saturated carbocycles. The van der Waals surface area contributed by atoms with Crippen LogP contribution in [0.1, 0.15) is 12.5 Å². The van der Waals surface area contributed by atoms with Crippen molar-refractivity contribution in [3.63, 3.8) is 0 Å². The highest BCUT2D eigenvalue weighted by molar-refractivity contribution is 7.87. The van der Waals surface area contributed by atoms with Gasteiger partial charge in [0.1, 0.15) is 4.90 Å². The van der Waals surface area contributed by atoms with E-state index in [0.29, 0.717) is 25.3 Å².